The van der Waals surface area contributed by atoms with Gasteiger partial charge in [-0.25, -0.2) is 0 Å². The summed E-state index contributed by atoms with van der Waals surface area (Å²) in [6, 6.07) is 7.87. The van der Waals surface area contributed by atoms with Gasteiger partial charge in [-0.3, -0.25) is 9.89 Å². The maximum absolute atomic E-state index is 12.8. The van der Waals surface area contributed by atoms with Crippen LogP contribution in [0.3, 0.4) is 0 Å². The average Bonchev–Trinajstić information content (AvgIpc) is 2.80. The largest absolute Gasteiger partial charge is 0.325 e. The molecule has 5 nitrogen and oxygen atoms in total. The minimum Gasteiger partial charge on any atom is -0.325 e. The molecule has 0 saturated heterocycles. The Hall–Kier alpha value is -2.14. The summed E-state index contributed by atoms with van der Waals surface area (Å²) in [6.07, 6.45) is 0.735. The second-order valence-electron chi connectivity index (χ2n) is 6.28. The van der Waals surface area contributed by atoms with Crippen LogP contribution in [-0.4, -0.2) is 20.3 Å². The van der Waals surface area contributed by atoms with Crippen LogP contribution in [0.2, 0.25) is 0 Å². The molecule has 0 atom stereocenters. The molecule has 110 valence electrons. The Morgan fingerprint density at radius 3 is 2.76 bits per heavy atom. The van der Waals surface area contributed by atoms with Crippen LogP contribution in [0.5, 0.6) is 0 Å². The molecule has 21 heavy (non-hydrogen) atoms. The highest BCUT2D eigenvalue weighted by atomic mass is 16.1. The van der Waals surface area contributed by atoms with Gasteiger partial charge in [0.2, 0.25) is 0 Å². The summed E-state index contributed by atoms with van der Waals surface area (Å²) in [6.45, 7) is 6.43. The van der Waals surface area contributed by atoms with Crippen LogP contribution in [0.15, 0.2) is 29.1 Å². The van der Waals surface area contributed by atoms with Crippen molar-refractivity contribution in [2.24, 2.45) is 5.73 Å². The fourth-order valence-corrected chi connectivity index (χ4v) is 2.66. The van der Waals surface area contributed by atoms with Gasteiger partial charge in [0, 0.05) is 23.2 Å². The molecule has 0 spiro atoms. The van der Waals surface area contributed by atoms with Crippen LogP contribution < -0.4 is 11.3 Å². The molecule has 3 rings (SSSR count). The van der Waals surface area contributed by atoms with E-state index in [0.717, 1.165) is 28.5 Å². The molecule has 3 aromatic rings. The number of nitrogens with one attached hydrogen (secondary N) is 1. The molecule has 1 aromatic carbocycles. The molecule has 0 aliphatic rings. The Labute approximate surface area is 122 Å². The quantitative estimate of drug-likeness (QED) is 0.775. The van der Waals surface area contributed by atoms with Crippen molar-refractivity contribution in [3.05, 3.63) is 40.3 Å². The van der Waals surface area contributed by atoms with Crippen LogP contribution in [0.4, 0.5) is 0 Å². The van der Waals surface area contributed by atoms with Crippen molar-refractivity contribution in [1.82, 2.24) is 14.8 Å². The van der Waals surface area contributed by atoms with Gasteiger partial charge in [0.15, 0.2) is 0 Å². The first-order valence-corrected chi connectivity index (χ1v) is 7.13. The van der Waals surface area contributed by atoms with Gasteiger partial charge >= 0.3 is 0 Å². The van der Waals surface area contributed by atoms with E-state index in [1.165, 1.54) is 0 Å². The highest BCUT2D eigenvalue weighted by Crippen LogP contribution is 2.23. The number of H-pyrrole nitrogens is 1. The number of hydrogen-bond acceptors (Lipinski definition) is 3. The molecular formula is C16H20N4O. The summed E-state index contributed by atoms with van der Waals surface area (Å²) < 4.78 is 1.81. The Morgan fingerprint density at radius 1 is 1.33 bits per heavy atom. The molecule has 0 saturated carbocycles. The fraction of sp³-hybridized carbons (Fsp3) is 0.375. The Morgan fingerprint density at radius 2 is 2.05 bits per heavy atom. The molecule has 2 aromatic heterocycles. The predicted octanol–water partition coefficient (Wildman–Crippen LogP) is 2.31. The molecule has 2 heterocycles. The molecule has 0 aliphatic heterocycles. The number of aromatic amines is 1. The van der Waals surface area contributed by atoms with Crippen LogP contribution in [0.25, 0.3) is 21.8 Å². The third-order valence-corrected chi connectivity index (χ3v) is 3.84. The molecule has 0 radical (unpaired) electrons. The molecule has 0 amide bonds. The summed E-state index contributed by atoms with van der Waals surface area (Å²) in [5, 5.41) is 8.88. The number of nitrogens with two attached hydrogens (primary N) is 1. The smallest absolute Gasteiger partial charge is 0.262 e. The average molecular weight is 284 g/mol. The number of rotatable bonds is 3. The zero-order valence-electron chi connectivity index (χ0n) is 12.6. The van der Waals surface area contributed by atoms with E-state index in [1.807, 2.05) is 49.6 Å². The molecule has 0 unspecified atom stereocenters. The van der Waals surface area contributed by atoms with Gasteiger partial charge in [0.1, 0.15) is 5.52 Å². The van der Waals surface area contributed by atoms with Gasteiger partial charge in [0.05, 0.1) is 10.9 Å². The number of aryl methyl sites for hydroxylation is 2. The van der Waals surface area contributed by atoms with Crippen LogP contribution in [0, 0.1) is 6.92 Å². The maximum Gasteiger partial charge on any atom is 0.262 e. The van der Waals surface area contributed by atoms with Crippen LogP contribution >= 0.6 is 0 Å². The first kappa shape index (κ1) is 13.8. The number of hydrogen-bond donors (Lipinski definition) is 2. The lowest BCUT2D eigenvalue weighted by atomic mass is 10.0. The molecule has 0 bridgehead atoms. The van der Waals surface area contributed by atoms with Crippen molar-refractivity contribution in [1.29, 1.82) is 0 Å². The van der Waals surface area contributed by atoms with E-state index in [4.69, 9.17) is 5.73 Å². The molecule has 5 heteroatoms. The fourth-order valence-electron chi connectivity index (χ4n) is 2.66. The topological polar surface area (TPSA) is 76.7 Å². The number of nitrogens with zero attached hydrogens (tertiary/aromatic N) is 2. The van der Waals surface area contributed by atoms with Gasteiger partial charge in [-0.2, -0.15) is 5.10 Å². The SMILES string of the molecule is Cc1[nH]nc2c1c(=O)n(CCC(C)(C)N)c1ccccc21. The number of para-hydroxylation sites is 1. The molecule has 0 fully saturated rings. The number of fused-ring (bicyclic) bond motifs is 3. The van der Waals surface area contributed by atoms with E-state index in [1.54, 1.807) is 0 Å². The van der Waals surface area contributed by atoms with Gasteiger partial charge in [-0.05, 0) is 33.3 Å². The van der Waals surface area contributed by atoms with Gasteiger partial charge in [-0.1, -0.05) is 18.2 Å². The van der Waals surface area contributed by atoms with Crippen molar-refractivity contribution < 1.29 is 0 Å². The summed E-state index contributed by atoms with van der Waals surface area (Å²) in [7, 11) is 0. The van der Waals surface area contributed by atoms with E-state index in [2.05, 4.69) is 10.2 Å². The van der Waals surface area contributed by atoms with Crippen LogP contribution in [0.1, 0.15) is 26.0 Å². The highest BCUT2D eigenvalue weighted by Gasteiger charge is 2.17. The summed E-state index contributed by atoms with van der Waals surface area (Å²) in [5.41, 5.74) is 8.22. The molecule has 0 aliphatic carbocycles. The normalized spacial score (nSPS) is 12.4. The lowest BCUT2D eigenvalue weighted by Gasteiger charge is -2.20. The van der Waals surface area contributed by atoms with Gasteiger partial charge in [-0.15, -0.1) is 0 Å². The lowest BCUT2D eigenvalue weighted by molar-refractivity contribution is 0.437. The zero-order valence-corrected chi connectivity index (χ0v) is 12.6. The van der Waals surface area contributed by atoms with E-state index < -0.39 is 0 Å². The number of aromatic nitrogens is 3. The minimum atomic E-state index is -0.305. The maximum atomic E-state index is 12.8. The van der Waals surface area contributed by atoms with Crippen molar-refractivity contribution in [2.75, 3.05) is 0 Å². The van der Waals surface area contributed by atoms with E-state index in [0.29, 0.717) is 11.9 Å². The predicted molar refractivity (Wildman–Crippen MR) is 85.5 cm³/mol. The third-order valence-electron chi connectivity index (χ3n) is 3.84. The molecule has 3 N–H and O–H groups in total. The van der Waals surface area contributed by atoms with Gasteiger partial charge in [0.25, 0.3) is 5.56 Å². The van der Waals surface area contributed by atoms with E-state index in [9.17, 15) is 4.79 Å². The second kappa shape index (κ2) is 4.70. The third kappa shape index (κ3) is 2.34. The first-order valence-electron chi connectivity index (χ1n) is 7.13. The van der Waals surface area contributed by atoms with Crippen molar-refractivity contribution in [3.63, 3.8) is 0 Å². The minimum absolute atomic E-state index is 0.000741. The number of pyridine rings is 1. The highest BCUT2D eigenvalue weighted by molar-refractivity contribution is 6.03. The Balaban J connectivity index is 2.32. The van der Waals surface area contributed by atoms with Crippen LogP contribution in [-0.2, 0) is 6.54 Å². The van der Waals surface area contributed by atoms with Crippen molar-refractivity contribution >= 4 is 21.8 Å². The summed E-state index contributed by atoms with van der Waals surface area (Å²) in [5.74, 6) is 0. The second-order valence-corrected chi connectivity index (χ2v) is 6.28. The lowest BCUT2D eigenvalue weighted by Crippen LogP contribution is -2.35. The standard InChI is InChI=1S/C16H20N4O/c1-10-13-14(19-18-10)11-6-4-5-7-12(11)20(15(13)21)9-8-16(2,3)17/h4-7H,8-9,17H2,1-3H3,(H,18,19). The van der Waals surface area contributed by atoms with Crippen molar-refractivity contribution in [2.45, 2.75) is 39.3 Å². The first-order chi connectivity index (χ1) is 9.88. The number of benzene rings is 1. The monoisotopic (exact) mass is 284 g/mol. The zero-order chi connectivity index (χ0) is 15.2. The summed E-state index contributed by atoms with van der Waals surface area (Å²) >= 11 is 0. The van der Waals surface area contributed by atoms with E-state index >= 15 is 0 Å². The molecular weight excluding hydrogens is 264 g/mol. The van der Waals surface area contributed by atoms with Gasteiger partial charge < -0.3 is 10.3 Å². The van der Waals surface area contributed by atoms with E-state index in [-0.39, 0.29) is 11.1 Å². The Kier molecular flexibility index (Phi) is 3.10. The van der Waals surface area contributed by atoms with Crippen molar-refractivity contribution in [3.8, 4) is 0 Å². The Bertz CT molecular complexity index is 867. The summed E-state index contributed by atoms with van der Waals surface area (Å²) in [4.78, 5) is 12.8.